The van der Waals surface area contributed by atoms with E-state index in [1.54, 1.807) is 6.07 Å². The van der Waals surface area contributed by atoms with Crippen molar-refractivity contribution in [1.82, 2.24) is 0 Å². The van der Waals surface area contributed by atoms with Crippen LogP contribution >= 0.6 is 0 Å². The Kier molecular flexibility index (Phi) is 5.26. The van der Waals surface area contributed by atoms with Gasteiger partial charge in [0, 0.05) is 11.3 Å². The monoisotopic (exact) mass is 342 g/mol. The highest BCUT2D eigenvalue weighted by molar-refractivity contribution is 5.33. The van der Waals surface area contributed by atoms with Crippen molar-refractivity contribution in [3.8, 4) is 0 Å². The fourth-order valence-corrected chi connectivity index (χ4v) is 4.12. The molecule has 25 heavy (non-hydrogen) atoms. The molecule has 1 fully saturated rings. The van der Waals surface area contributed by atoms with Gasteiger partial charge in [0.2, 0.25) is 0 Å². The van der Waals surface area contributed by atoms with Crippen LogP contribution in [0.15, 0.2) is 42.5 Å². The highest BCUT2D eigenvalue weighted by Crippen LogP contribution is 2.42. The van der Waals surface area contributed by atoms with Gasteiger partial charge in [-0.25, -0.2) is 4.39 Å². The van der Waals surface area contributed by atoms with Gasteiger partial charge in [0.05, 0.1) is 19.3 Å². The summed E-state index contributed by atoms with van der Waals surface area (Å²) in [6.45, 7) is 7.08. The Balaban J connectivity index is 1.93. The van der Waals surface area contributed by atoms with Crippen LogP contribution in [0.5, 0.6) is 0 Å². The van der Waals surface area contributed by atoms with E-state index < -0.39 is 11.5 Å². The first-order chi connectivity index (χ1) is 11.9. The third-order valence-electron chi connectivity index (χ3n) is 5.77. The number of halogens is 1. The molecular weight excluding hydrogens is 315 g/mol. The lowest BCUT2D eigenvalue weighted by atomic mass is 9.67. The summed E-state index contributed by atoms with van der Waals surface area (Å²) in [7, 11) is 0. The number of aliphatic hydroxyl groups excluding tert-OH is 1. The van der Waals surface area contributed by atoms with Gasteiger partial charge in [-0.1, -0.05) is 48.9 Å². The predicted octanol–water partition coefficient (Wildman–Crippen LogP) is 4.34. The number of rotatable bonds is 5. The SMILES string of the molecule is Cc1ccc(CC[C@](C)(c2ccccc2F)[C@H]2COC[C@H]2O)c(C)c1. The molecule has 1 aliphatic heterocycles. The third kappa shape index (κ3) is 3.63. The van der Waals surface area contributed by atoms with Crippen molar-refractivity contribution >= 4 is 0 Å². The first-order valence-electron chi connectivity index (χ1n) is 8.99. The Labute approximate surface area is 149 Å². The van der Waals surface area contributed by atoms with Gasteiger partial charge in [0.1, 0.15) is 5.82 Å². The Hall–Kier alpha value is -1.71. The standard InChI is InChI=1S/C22H27FO2/c1-15-8-9-17(16(2)12-15)10-11-22(3,19-13-25-14-21(19)24)18-6-4-5-7-20(18)23/h4-9,12,19,21,24H,10-11,13-14H2,1-3H3/t19-,21+,22+/m0/s1. The fraction of sp³-hybridized carbons (Fsp3) is 0.455. The van der Waals surface area contributed by atoms with Crippen LogP contribution in [0.25, 0.3) is 0 Å². The number of hydrogen-bond acceptors (Lipinski definition) is 2. The van der Waals surface area contributed by atoms with E-state index in [1.165, 1.54) is 22.8 Å². The minimum absolute atomic E-state index is 0.102. The molecule has 0 aromatic heterocycles. The van der Waals surface area contributed by atoms with E-state index in [1.807, 2.05) is 12.1 Å². The second kappa shape index (κ2) is 7.27. The quantitative estimate of drug-likeness (QED) is 0.876. The molecule has 1 aliphatic rings. The molecule has 0 radical (unpaired) electrons. The smallest absolute Gasteiger partial charge is 0.126 e. The Morgan fingerprint density at radius 1 is 1.16 bits per heavy atom. The lowest BCUT2D eigenvalue weighted by Gasteiger charge is -2.37. The Bertz CT molecular complexity index is 743. The maximum Gasteiger partial charge on any atom is 0.126 e. The van der Waals surface area contributed by atoms with E-state index in [0.29, 0.717) is 18.8 Å². The van der Waals surface area contributed by atoms with Crippen molar-refractivity contribution in [2.75, 3.05) is 13.2 Å². The largest absolute Gasteiger partial charge is 0.390 e. The van der Waals surface area contributed by atoms with Crippen molar-refractivity contribution in [2.24, 2.45) is 5.92 Å². The van der Waals surface area contributed by atoms with E-state index in [9.17, 15) is 9.50 Å². The summed E-state index contributed by atoms with van der Waals surface area (Å²) in [6.07, 6.45) is 1.06. The molecule has 0 aliphatic carbocycles. The predicted molar refractivity (Wildman–Crippen MR) is 98.3 cm³/mol. The van der Waals surface area contributed by atoms with E-state index in [-0.39, 0.29) is 11.7 Å². The van der Waals surface area contributed by atoms with Crippen molar-refractivity contribution in [3.05, 3.63) is 70.5 Å². The van der Waals surface area contributed by atoms with Crippen LogP contribution in [-0.4, -0.2) is 24.4 Å². The topological polar surface area (TPSA) is 29.5 Å². The maximum absolute atomic E-state index is 14.6. The Morgan fingerprint density at radius 2 is 1.92 bits per heavy atom. The van der Waals surface area contributed by atoms with Gasteiger partial charge in [-0.15, -0.1) is 0 Å². The second-order valence-electron chi connectivity index (χ2n) is 7.54. The molecule has 0 unspecified atom stereocenters. The van der Waals surface area contributed by atoms with Gasteiger partial charge in [0.25, 0.3) is 0 Å². The van der Waals surface area contributed by atoms with Crippen LogP contribution in [0.3, 0.4) is 0 Å². The third-order valence-corrected chi connectivity index (χ3v) is 5.77. The second-order valence-corrected chi connectivity index (χ2v) is 7.54. The minimum Gasteiger partial charge on any atom is -0.390 e. The van der Waals surface area contributed by atoms with Gasteiger partial charge in [-0.3, -0.25) is 0 Å². The summed E-state index contributed by atoms with van der Waals surface area (Å²) in [6, 6.07) is 13.4. The molecule has 2 aromatic carbocycles. The van der Waals surface area contributed by atoms with E-state index in [0.717, 1.165) is 12.8 Å². The van der Waals surface area contributed by atoms with Crippen molar-refractivity contribution in [1.29, 1.82) is 0 Å². The van der Waals surface area contributed by atoms with Crippen molar-refractivity contribution in [3.63, 3.8) is 0 Å². The first-order valence-corrected chi connectivity index (χ1v) is 8.99. The zero-order valence-electron chi connectivity index (χ0n) is 15.3. The van der Waals surface area contributed by atoms with E-state index in [4.69, 9.17) is 4.74 Å². The highest BCUT2D eigenvalue weighted by atomic mass is 19.1. The van der Waals surface area contributed by atoms with Crippen LogP contribution in [0.4, 0.5) is 4.39 Å². The average molecular weight is 342 g/mol. The molecule has 1 N–H and O–H groups in total. The summed E-state index contributed by atoms with van der Waals surface area (Å²) in [5.74, 6) is -0.306. The highest BCUT2D eigenvalue weighted by Gasteiger charge is 2.44. The molecule has 3 heteroatoms. The number of hydrogen-bond donors (Lipinski definition) is 1. The van der Waals surface area contributed by atoms with Crippen LogP contribution in [0.2, 0.25) is 0 Å². The molecule has 1 heterocycles. The molecule has 0 saturated carbocycles. The molecule has 1 saturated heterocycles. The summed E-state index contributed by atoms with van der Waals surface area (Å²) in [4.78, 5) is 0. The molecule has 0 bridgehead atoms. The fourth-order valence-electron chi connectivity index (χ4n) is 4.12. The normalized spacial score (nSPS) is 22.8. The van der Waals surface area contributed by atoms with Crippen molar-refractivity contribution < 1.29 is 14.2 Å². The summed E-state index contributed by atoms with van der Waals surface area (Å²) >= 11 is 0. The molecule has 2 aromatic rings. The lowest BCUT2D eigenvalue weighted by Crippen LogP contribution is -2.40. The van der Waals surface area contributed by atoms with Crippen LogP contribution < -0.4 is 0 Å². The van der Waals surface area contributed by atoms with Gasteiger partial charge < -0.3 is 9.84 Å². The molecule has 134 valence electrons. The molecule has 0 amide bonds. The molecule has 0 spiro atoms. The molecular formula is C22H27FO2. The zero-order valence-corrected chi connectivity index (χ0v) is 15.3. The summed E-state index contributed by atoms with van der Waals surface area (Å²) in [5.41, 5.74) is 3.99. The Morgan fingerprint density at radius 3 is 2.56 bits per heavy atom. The average Bonchev–Trinajstić information content (AvgIpc) is 3.01. The van der Waals surface area contributed by atoms with E-state index in [2.05, 4.69) is 39.0 Å². The minimum atomic E-state index is -0.552. The van der Waals surface area contributed by atoms with Gasteiger partial charge in [0.15, 0.2) is 0 Å². The number of aliphatic hydroxyl groups is 1. The number of aryl methyl sites for hydroxylation is 3. The first kappa shape index (κ1) is 18.1. The molecule has 2 nitrogen and oxygen atoms in total. The van der Waals surface area contributed by atoms with Gasteiger partial charge in [-0.05, 0) is 49.4 Å². The maximum atomic E-state index is 14.6. The van der Waals surface area contributed by atoms with Crippen LogP contribution in [0, 0.1) is 25.6 Å². The molecule has 3 atom stereocenters. The summed E-state index contributed by atoms with van der Waals surface area (Å²) < 4.78 is 20.1. The van der Waals surface area contributed by atoms with E-state index >= 15 is 0 Å². The molecule has 3 rings (SSSR count). The number of ether oxygens (including phenoxy) is 1. The lowest BCUT2D eigenvalue weighted by molar-refractivity contribution is 0.0923. The van der Waals surface area contributed by atoms with Gasteiger partial charge in [-0.2, -0.15) is 0 Å². The summed E-state index contributed by atoms with van der Waals surface area (Å²) in [5, 5.41) is 10.4. The van der Waals surface area contributed by atoms with Crippen LogP contribution in [-0.2, 0) is 16.6 Å². The van der Waals surface area contributed by atoms with Crippen molar-refractivity contribution in [2.45, 2.75) is 45.1 Å². The van der Waals surface area contributed by atoms with Crippen LogP contribution in [0.1, 0.15) is 35.6 Å². The zero-order chi connectivity index (χ0) is 18.0. The van der Waals surface area contributed by atoms with Gasteiger partial charge >= 0.3 is 0 Å². The number of benzene rings is 2.